The number of hydrogen-bond acceptors (Lipinski definition) is 1. The van der Waals surface area contributed by atoms with E-state index in [4.69, 9.17) is 4.74 Å². The Kier molecular flexibility index (Phi) is 3.96. The van der Waals surface area contributed by atoms with Crippen molar-refractivity contribution in [3.8, 4) is 5.75 Å². The summed E-state index contributed by atoms with van der Waals surface area (Å²) in [5.74, 6) is 0.253. The van der Waals surface area contributed by atoms with Gasteiger partial charge in [-0.25, -0.2) is 4.39 Å². The Hall–Kier alpha value is -0.830. The molecule has 1 nitrogen and oxygen atoms in total. The predicted octanol–water partition coefficient (Wildman–Crippen LogP) is 3.24. The van der Waals surface area contributed by atoms with Gasteiger partial charge in [-0.1, -0.05) is 28.1 Å². The zero-order chi connectivity index (χ0) is 9.68. The molecular formula is C10H10BrFO. The van der Waals surface area contributed by atoms with Gasteiger partial charge in [-0.3, -0.25) is 0 Å². The maximum atomic E-state index is 12.9. The molecule has 0 aliphatic heterocycles. The van der Waals surface area contributed by atoms with E-state index in [0.717, 1.165) is 10.9 Å². The van der Waals surface area contributed by atoms with Gasteiger partial charge in [0.2, 0.25) is 0 Å². The number of hydrogen-bond donors (Lipinski definition) is 0. The van der Waals surface area contributed by atoms with Crippen molar-refractivity contribution in [2.75, 3.05) is 12.4 Å². The average molecular weight is 245 g/mol. The first-order chi connectivity index (χ1) is 6.26. The lowest BCUT2D eigenvalue weighted by Gasteiger charge is -2.01. The van der Waals surface area contributed by atoms with Crippen molar-refractivity contribution in [1.82, 2.24) is 0 Å². The number of allylic oxidation sites excluding steroid dienone is 1. The summed E-state index contributed by atoms with van der Waals surface area (Å²) in [7, 11) is 1.52. The minimum Gasteiger partial charge on any atom is -0.497 e. The molecule has 0 atom stereocenters. The average Bonchev–Trinajstić information content (AvgIpc) is 2.14. The highest BCUT2D eigenvalue weighted by atomic mass is 79.9. The standard InChI is InChI=1S/C10H10BrFO/c1-13-10-6-8(3-2-4-11)5-9(12)7-10/h2-3,5-7H,4H2,1H3/b3-2+. The van der Waals surface area contributed by atoms with Crippen molar-refractivity contribution in [1.29, 1.82) is 0 Å². The highest BCUT2D eigenvalue weighted by Gasteiger charge is 1.97. The fourth-order valence-electron chi connectivity index (χ4n) is 0.979. The molecule has 0 amide bonds. The maximum Gasteiger partial charge on any atom is 0.127 e. The highest BCUT2D eigenvalue weighted by Crippen LogP contribution is 2.16. The Balaban J connectivity index is 2.94. The molecule has 0 aromatic heterocycles. The molecule has 1 rings (SSSR count). The molecule has 13 heavy (non-hydrogen) atoms. The number of rotatable bonds is 3. The molecule has 70 valence electrons. The van der Waals surface area contributed by atoms with Crippen LogP contribution in [0.25, 0.3) is 6.08 Å². The van der Waals surface area contributed by atoms with Gasteiger partial charge in [0, 0.05) is 11.4 Å². The lowest BCUT2D eigenvalue weighted by molar-refractivity contribution is 0.411. The van der Waals surface area contributed by atoms with Crippen molar-refractivity contribution in [3.63, 3.8) is 0 Å². The molecule has 3 heteroatoms. The summed E-state index contributed by atoms with van der Waals surface area (Å²) in [5.41, 5.74) is 0.802. The third kappa shape index (κ3) is 3.19. The van der Waals surface area contributed by atoms with Gasteiger partial charge in [-0.2, -0.15) is 0 Å². The van der Waals surface area contributed by atoms with Gasteiger partial charge < -0.3 is 4.74 Å². The van der Waals surface area contributed by atoms with Crippen molar-refractivity contribution in [3.05, 3.63) is 35.7 Å². The lowest BCUT2D eigenvalue weighted by atomic mass is 10.2. The van der Waals surface area contributed by atoms with Crippen LogP contribution in [0, 0.1) is 5.82 Å². The smallest absolute Gasteiger partial charge is 0.127 e. The summed E-state index contributed by atoms with van der Waals surface area (Å²) < 4.78 is 17.8. The second-order valence-electron chi connectivity index (χ2n) is 2.48. The van der Waals surface area contributed by atoms with Crippen LogP contribution in [0.1, 0.15) is 5.56 Å². The van der Waals surface area contributed by atoms with Crippen LogP contribution in [0.4, 0.5) is 4.39 Å². The predicted molar refractivity (Wildman–Crippen MR) is 55.8 cm³/mol. The first-order valence-corrected chi connectivity index (χ1v) is 4.95. The van der Waals surface area contributed by atoms with Crippen LogP contribution in [0.3, 0.4) is 0 Å². The number of alkyl halides is 1. The van der Waals surface area contributed by atoms with Gasteiger partial charge in [0.05, 0.1) is 7.11 Å². The van der Waals surface area contributed by atoms with Crippen LogP contribution in [0.2, 0.25) is 0 Å². The molecule has 0 saturated heterocycles. The molecule has 0 aliphatic carbocycles. The van der Waals surface area contributed by atoms with E-state index in [1.807, 2.05) is 12.2 Å². The van der Waals surface area contributed by atoms with Gasteiger partial charge in [0.1, 0.15) is 11.6 Å². The van der Waals surface area contributed by atoms with E-state index in [1.165, 1.54) is 19.2 Å². The van der Waals surface area contributed by atoms with Gasteiger partial charge in [-0.15, -0.1) is 0 Å². The van der Waals surface area contributed by atoms with Crippen molar-refractivity contribution < 1.29 is 9.13 Å². The van der Waals surface area contributed by atoms with Crippen LogP contribution in [-0.4, -0.2) is 12.4 Å². The molecule has 0 fully saturated rings. The van der Waals surface area contributed by atoms with E-state index < -0.39 is 0 Å². The normalized spacial score (nSPS) is 10.7. The summed E-state index contributed by atoms with van der Waals surface area (Å²) in [6.45, 7) is 0. The van der Waals surface area contributed by atoms with Crippen molar-refractivity contribution in [2.24, 2.45) is 0 Å². The molecule has 0 aliphatic rings. The first-order valence-electron chi connectivity index (χ1n) is 3.83. The number of ether oxygens (including phenoxy) is 1. The lowest BCUT2D eigenvalue weighted by Crippen LogP contribution is -1.85. The Morgan fingerprint density at radius 3 is 2.85 bits per heavy atom. The minimum atomic E-state index is -0.284. The maximum absolute atomic E-state index is 12.9. The van der Waals surface area contributed by atoms with Crippen molar-refractivity contribution >= 4 is 22.0 Å². The Morgan fingerprint density at radius 2 is 2.23 bits per heavy atom. The quantitative estimate of drug-likeness (QED) is 0.743. The van der Waals surface area contributed by atoms with Gasteiger partial charge >= 0.3 is 0 Å². The number of methoxy groups -OCH3 is 1. The molecule has 1 aromatic rings. The first kappa shape index (κ1) is 10.3. The zero-order valence-electron chi connectivity index (χ0n) is 7.26. The molecule has 0 N–H and O–H groups in total. The van der Waals surface area contributed by atoms with E-state index in [1.54, 1.807) is 6.07 Å². The van der Waals surface area contributed by atoms with Crippen molar-refractivity contribution in [2.45, 2.75) is 0 Å². The second-order valence-corrected chi connectivity index (χ2v) is 3.13. The number of halogens is 2. The van der Waals surface area contributed by atoms with E-state index in [2.05, 4.69) is 15.9 Å². The van der Waals surface area contributed by atoms with Crippen LogP contribution in [-0.2, 0) is 0 Å². The fourth-order valence-corrected chi connectivity index (χ4v) is 1.17. The fraction of sp³-hybridized carbons (Fsp3) is 0.200. The van der Waals surface area contributed by atoms with Gasteiger partial charge in [0.25, 0.3) is 0 Å². The molecule has 0 bridgehead atoms. The van der Waals surface area contributed by atoms with E-state index in [9.17, 15) is 4.39 Å². The third-order valence-corrected chi connectivity index (χ3v) is 1.90. The van der Waals surface area contributed by atoms with Gasteiger partial charge in [0.15, 0.2) is 0 Å². The highest BCUT2D eigenvalue weighted by molar-refractivity contribution is 9.09. The van der Waals surface area contributed by atoms with Crippen LogP contribution in [0.15, 0.2) is 24.3 Å². The van der Waals surface area contributed by atoms with E-state index in [0.29, 0.717) is 5.75 Å². The molecule has 0 spiro atoms. The molecular weight excluding hydrogens is 235 g/mol. The summed E-state index contributed by atoms with van der Waals surface area (Å²) in [4.78, 5) is 0. The summed E-state index contributed by atoms with van der Waals surface area (Å²) in [6, 6.07) is 4.59. The Bertz CT molecular complexity index is 310. The van der Waals surface area contributed by atoms with Gasteiger partial charge in [-0.05, 0) is 17.7 Å². The molecule has 0 saturated carbocycles. The summed E-state index contributed by atoms with van der Waals surface area (Å²) >= 11 is 3.25. The molecule has 0 heterocycles. The topological polar surface area (TPSA) is 9.23 Å². The summed E-state index contributed by atoms with van der Waals surface area (Å²) in [6.07, 6.45) is 3.73. The second kappa shape index (κ2) is 5.02. The van der Waals surface area contributed by atoms with E-state index >= 15 is 0 Å². The monoisotopic (exact) mass is 244 g/mol. The van der Waals surface area contributed by atoms with Crippen LogP contribution < -0.4 is 4.74 Å². The molecule has 0 radical (unpaired) electrons. The third-order valence-electron chi connectivity index (χ3n) is 1.53. The van der Waals surface area contributed by atoms with E-state index in [-0.39, 0.29) is 5.82 Å². The Labute approximate surface area is 85.3 Å². The Morgan fingerprint density at radius 1 is 1.46 bits per heavy atom. The largest absolute Gasteiger partial charge is 0.497 e. The van der Waals surface area contributed by atoms with Crippen LogP contribution >= 0.6 is 15.9 Å². The van der Waals surface area contributed by atoms with Crippen LogP contribution in [0.5, 0.6) is 5.75 Å². The molecule has 0 unspecified atom stereocenters. The minimum absolute atomic E-state index is 0.284. The number of benzene rings is 1. The SMILES string of the molecule is COc1cc(F)cc(/C=C/CBr)c1. The molecule has 1 aromatic carbocycles. The summed E-state index contributed by atoms with van der Waals surface area (Å²) in [5, 5.41) is 0.756. The zero-order valence-corrected chi connectivity index (χ0v) is 8.84.